The molecule has 0 atom stereocenters. The monoisotopic (exact) mass is 238 g/mol. The third-order valence-electron chi connectivity index (χ3n) is 2.20. The van der Waals surface area contributed by atoms with Crippen LogP contribution in [-0.4, -0.2) is 0 Å². The van der Waals surface area contributed by atoms with Gasteiger partial charge in [0.15, 0.2) is 0 Å². The summed E-state index contributed by atoms with van der Waals surface area (Å²) < 4.78 is 0. The molecule has 1 radical (unpaired) electrons. The van der Waals surface area contributed by atoms with Gasteiger partial charge in [-0.3, -0.25) is 0 Å². The second-order valence-electron chi connectivity index (χ2n) is 2.83. The predicted molar refractivity (Wildman–Crippen MR) is 48.3 cm³/mol. The molecule has 0 saturated heterocycles. The first-order chi connectivity index (χ1) is 5.04. The third-order valence-corrected chi connectivity index (χ3v) is 2.20. The molecule has 0 amide bonds. The van der Waals surface area contributed by atoms with Gasteiger partial charge >= 0.3 is 0 Å². The van der Waals surface area contributed by atoms with Crippen LogP contribution in [0.3, 0.4) is 0 Å². The Morgan fingerprint density at radius 3 is 1.50 bits per heavy atom. The number of hydrogen-bond acceptors (Lipinski definition) is 2. The molecule has 0 aromatic heterocycles. The molecule has 0 aliphatic heterocycles. The van der Waals surface area contributed by atoms with Crippen molar-refractivity contribution < 1.29 is 32.7 Å². The van der Waals surface area contributed by atoms with Crippen LogP contribution in [0.4, 0.5) is 11.4 Å². The minimum Gasteiger partial charge on any atom is -0.420 e. The van der Waals surface area contributed by atoms with Crippen molar-refractivity contribution in [3.63, 3.8) is 0 Å². The molecule has 0 fully saturated rings. The Hall–Kier alpha value is -0.0761. The van der Waals surface area contributed by atoms with Gasteiger partial charge in [0.05, 0.1) is 0 Å². The minimum absolute atomic E-state index is 0. The quantitative estimate of drug-likeness (QED) is 0.532. The van der Waals surface area contributed by atoms with Crippen LogP contribution in [0.15, 0.2) is 0 Å². The summed E-state index contributed by atoms with van der Waals surface area (Å²) >= 11 is 0. The summed E-state index contributed by atoms with van der Waals surface area (Å²) in [5, 5.41) is 0. The van der Waals surface area contributed by atoms with Crippen LogP contribution in [0, 0.1) is 26.8 Å². The zero-order chi connectivity index (χ0) is 8.59. The molecule has 0 bridgehead atoms. The maximum absolute atomic E-state index is 5.65. The van der Waals surface area contributed by atoms with Crippen LogP contribution in [0.5, 0.6) is 0 Å². The maximum atomic E-state index is 5.65. The summed E-state index contributed by atoms with van der Waals surface area (Å²) in [5.41, 5.74) is 16.0. The largest absolute Gasteiger partial charge is 0.420 e. The van der Waals surface area contributed by atoms with Crippen LogP contribution in [0.1, 0.15) is 16.7 Å². The minimum atomic E-state index is 0. The summed E-state index contributed by atoms with van der Waals surface area (Å²) in [6.45, 7) is 5.98. The van der Waals surface area contributed by atoms with Crippen molar-refractivity contribution in [3.05, 3.63) is 22.8 Å². The smallest absolute Gasteiger partial charge is 0 e. The van der Waals surface area contributed by atoms with Gasteiger partial charge in [-0.05, 0) is 0 Å². The molecule has 0 saturated carbocycles. The van der Waals surface area contributed by atoms with Crippen molar-refractivity contribution in [3.8, 4) is 0 Å². The second-order valence-corrected chi connectivity index (χ2v) is 2.83. The van der Waals surface area contributed by atoms with Crippen LogP contribution < -0.4 is 11.5 Å². The zero-order valence-electron chi connectivity index (χ0n) is 7.73. The average molecular weight is 238 g/mol. The van der Waals surface area contributed by atoms with Gasteiger partial charge in [-0.2, -0.15) is 5.56 Å². The van der Waals surface area contributed by atoms with Crippen LogP contribution in [-0.2, 0) is 32.7 Å². The first-order valence-electron chi connectivity index (χ1n) is 3.58. The Morgan fingerprint density at radius 2 is 1.17 bits per heavy atom. The van der Waals surface area contributed by atoms with E-state index in [-0.39, 0.29) is 32.7 Å². The predicted octanol–water partition coefficient (Wildman–Crippen LogP) is 1.57. The number of nitrogen functional groups attached to an aromatic ring is 2. The molecule has 1 aromatic carbocycles. The van der Waals surface area contributed by atoms with E-state index in [0.29, 0.717) is 11.4 Å². The molecule has 3 heteroatoms. The Kier molecular flexibility index (Phi) is 4.22. The second kappa shape index (κ2) is 4.24. The summed E-state index contributed by atoms with van der Waals surface area (Å²) in [7, 11) is 0. The van der Waals surface area contributed by atoms with Gasteiger partial charge in [0.25, 0.3) is 0 Å². The first-order valence-corrected chi connectivity index (χ1v) is 3.58. The molecule has 1 rings (SSSR count). The summed E-state index contributed by atoms with van der Waals surface area (Å²) in [4.78, 5) is 0. The first kappa shape index (κ1) is 11.9. The van der Waals surface area contributed by atoms with Crippen LogP contribution >= 0.6 is 0 Å². The number of hydrogen-bond donors (Lipinski definition) is 2. The van der Waals surface area contributed by atoms with E-state index in [1.54, 1.807) is 0 Å². The number of benzene rings is 1. The summed E-state index contributed by atoms with van der Waals surface area (Å²) in [5.74, 6) is 0. The van der Waals surface area contributed by atoms with E-state index in [1.165, 1.54) is 5.56 Å². The van der Waals surface area contributed by atoms with Crippen molar-refractivity contribution in [2.45, 2.75) is 20.8 Å². The molecule has 4 N–H and O–H groups in total. The molecule has 0 unspecified atom stereocenters. The number of rotatable bonds is 0. The van der Waals surface area contributed by atoms with Gasteiger partial charge in [0.1, 0.15) is 0 Å². The maximum Gasteiger partial charge on any atom is 0 e. The van der Waals surface area contributed by atoms with E-state index in [4.69, 9.17) is 11.5 Å². The molecule has 0 aliphatic carbocycles. The van der Waals surface area contributed by atoms with Crippen molar-refractivity contribution in [2.75, 3.05) is 11.5 Å². The number of nitrogens with two attached hydrogens (primary N) is 2. The fraction of sp³-hybridized carbons (Fsp3) is 0.333. The molecule has 0 spiro atoms. The summed E-state index contributed by atoms with van der Waals surface area (Å²) in [6.07, 6.45) is 0. The van der Waals surface area contributed by atoms with Gasteiger partial charge in [-0.25, -0.2) is 0 Å². The van der Waals surface area contributed by atoms with E-state index >= 15 is 0 Å². The normalized spacial score (nSPS) is 9.25. The standard InChI is InChI=1S/C9H13N2.Y/c1-5-6(2)8(10)4-9(11)7(5)3;/h10-11H2,1-3H3;/q-1;. The fourth-order valence-corrected chi connectivity index (χ4v) is 1.02. The van der Waals surface area contributed by atoms with Crippen LogP contribution in [0.2, 0.25) is 0 Å². The van der Waals surface area contributed by atoms with Crippen molar-refractivity contribution in [2.24, 2.45) is 0 Å². The van der Waals surface area contributed by atoms with Gasteiger partial charge < -0.3 is 11.5 Å². The van der Waals surface area contributed by atoms with Crippen molar-refractivity contribution in [1.82, 2.24) is 0 Å². The van der Waals surface area contributed by atoms with Gasteiger partial charge in [0, 0.05) is 32.7 Å². The zero-order valence-corrected chi connectivity index (χ0v) is 10.6. The Labute approximate surface area is 98.6 Å². The van der Waals surface area contributed by atoms with Gasteiger partial charge in [0.2, 0.25) is 0 Å². The Bertz CT molecular complexity index is 269. The van der Waals surface area contributed by atoms with E-state index < -0.39 is 0 Å². The Balaban J connectivity index is 0.00000121. The van der Waals surface area contributed by atoms with E-state index in [2.05, 4.69) is 6.07 Å². The van der Waals surface area contributed by atoms with Crippen molar-refractivity contribution >= 4 is 11.4 Å². The van der Waals surface area contributed by atoms with E-state index in [1.807, 2.05) is 20.8 Å². The molecular formula is C9H13N2Y-. The molecule has 63 valence electrons. The fourth-order valence-electron chi connectivity index (χ4n) is 1.02. The molecule has 2 nitrogen and oxygen atoms in total. The topological polar surface area (TPSA) is 52.0 Å². The SMILES string of the molecule is Cc1c(N)[c-]c(N)c(C)c1C.[Y]. The summed E-state index contributed by atoms with van der Waals surface area (Å²) in [6, 6.07) is 2.90. The molecule has 0 heterocycles. The number of anilines is 2. The van der Waals surface area contributed by atoms with Gasteiger partial charge in [-0.15, -0.1) is 17.2 Å². The van der Waals surface area contributed by atoms with E-state index in [9.17, 15) is 0 Å². The molecule has 1 aromatic rings. The van der Waals surface area contributed by atoms with Crippen LogP contribution in [0.25, 0.3) is 0 Å². The van der Waals surface area contributed by atoms with E-state index in [0.717, 1.165) is 11.1 Å². The third kappa shape index (κ3) is 1.99. The molecule has 0 aliphatic rings. The Morgan fingerprint density at radius 1 is 0.833 bits per heavy atom. The average Bonchev–Trinajstić information content (AvgIpc) is 1.97. The van der Waals surface area contributed by atoms with Gasteiger partial charge in [-0.1, -0.05) is 32.1 Å². The molecular weight excluding hydrogens is 225 g/mol. The van der Waals surface area contributed by atoms with Crippen molar-refractivity contribution in [1.29, 1.82) is 0 Å². The molecule has 12 heavy (non-hydrogen) atoms.